The van der Waals surface area contributed by atoms with E-state index >= 15 is 0 Å². The molecule has 2 N–H and O–H groups in total. The second kappa shape index (κ2) is 7.10. The molecule has 1 saturated carbocycles. The van der Waals surface area contributed by atoms with Crippen molar-refractivity contribution in [3.05, 3.63) is 0 Å². The summed E-state index contributed by atoms with van der Waals surface area (Å²) in [5.74, 6) is 0. The molecule has 1 unspecified atom stereocenters. The van der Waals surface area contributed by atoms with Crippen molar-refractivity contribution in [3.8, 4) is 0 Å². The second-order valence-electron chi connectivity index (χ2n) is 5.68. The van der Waals surface area contributed by atoms with Crippen LogP contribution in [0.2, 0.25) is 0 Å². The van der Waals surface area contributed by atoms with Crippen LogP contribution in [0.4, 0.5) is 4.79 Å². The highest BCUT2D eigenvalue weighted by Gasteiger charge is 2.31. The van der Waals surface area contributed by atoms with Crippen molar-refractivity contribution in [3.63, 3.8) is 0 Å². The summed E-state index contributed by atoms with van der Waals surface area (Å²) in [5, 5.41) is 6.46. The van der Waals surface area contributed by atoms with Crippen LogP contribution < -0.4 is 10.6 Å². The Hall–Kier alpha value is -0.810. The first kappa shape index (κ1) is 14.6. The monoisotopic (exact) mass is 269 g/mol. The maximum Gasteiger partial charge on any atom is 0.407 e. The van der Waals surface area contributed by atoms with Crippen molar-refractivity contribution in [2.45, 2.75) is 57.2 Å². The molecule has 2 aliphatic rings. The molecule has 0 aromatic heterocycles. The standard InChI is InChI=1S/C14H27N3O2/c1-3-15-11-4-6-13(7-5-11)17-9-8-12(10-17)16-14(18)19-2/h11-13,15H,3-10H2,1-2H3,(H,16,18). The minimum atomic E-state index is -0.303. The Balaban J connectivity index is 1.71. The topological polar surface area (TPSA) is 53.6 Å². The molecule has 0 aromatic carbocycles. The molecule has 0 aromatic rings. The zero-order valence-electron chi connectivity index (χ0n) is 12.2. The molecule has 0 spiro atoms. The third-order valence-electron chi connectivity index (χ3n) is 4.43. The van der Waals surface area contributed by atoms with Gasteiger partial charge in [0.2, 0.25) is 0 Å². The van der Waals surface area contributed by atoms with E-state index in [-0.39, 0.29) is 12.1 Å². The minimum absolute atomic E-state index is 0.263. The number of ether oxygens (including phenoxy) is 1. The van der Waals surface area contributed by atoms with Crippen LogP contribution in [0.3, 0.4) is 0 Å². The molecule has 1 atom stereocenters. The summed E-state index contributed by atoms with van der Waals surface area (Å²) in [6, 6.07) is 1.69. The molecule has 1 aliphatic carbocycles. The molecule has 2 fully saturated rings. The van der Waals surface area contributed by atoms with Gasteiger partial charge in [0.05, 0.1) is 7.11 Å². The van der Waals surface area contributed by atoms with E-state index in [1.165, 1.54) is 32.8 Å². The lowest BCUT2D eigenvalue weighted by Gasteiger charge is -2.35. The van der Waals surface area contributed by atoms with Gasteiger partial charge in [-0.3, -0.25) is 4.90 Å². The third-order valence-corrected chi connectivity index (χ3v) is 4.43. The Morgan fingerprint density at radius 2 is 1.95 bits per heavy atom. The summed E-state index contributed by atoms with van der Waals surface area (Å²) >= 11 is 0. The molecule has 5 heteroatoms. The number of methoxy groups -OCH3 is 1. The quantitative estimate of drug-likeness (QED) is 0.808. The van der Waals surface area contributed by atoms with Gasteiger partial charge >= 0.3 is 6.09 Å². The van der Waals surface area contributed by atoms with Gasteiger partial charge in [0.15, 0.2) is 0 Å². The van der Waals surface area contributed by atoms with Crippen LogP contribution >= 0.6 is 0 Å². The average molecular weight is 269 g/mol. The van der Waals surface area contributed by atoms with Crippen molar-refractivity contribution in [1.29, 1.82) is 0 Å². The summed E-state index contributed by atoms with van der Waals surface area (Å²) < 4.78 is 4.66. The van der Waals surface area contributed by atoms with E-state index in [1.54, 1.807) is 0 Å². The lowest BCUT2D eigenvalue weighted by molar-refractivity contribution is 0.158. The van der Waals surface area contributed by atoms with Gasteiger partial charge in [-0.25, -0.2) is 4.79 Å². The van der Waals surface area contributed by atoms with E-state index in [4.69, 9.17) is 0 Å². The predicted molar refractivity (Wildman–Crippen MR) is 75.2 cm³/mol. The summed E-state index contributed by atoms with van der Waals surface area (Å²) in [6.07, 6.45) is 5.87. The third kappa shape index (κ3) is 4.08. The van der Waals surface area contributed by atoms with Gasteiger partial charge < -0.3 is 15.4 Å². The normalized spacial score (nSPS) is 32.2. The molecule has 0 radical (unpaired) electrons. The highest BCUT2D eigenvalue weighted by Crippen LogP contribution is 2.26. The van der Waals surface area contributed by atoms with E-state index in [1.807, 2.05) is 0 Å². The summed E-state index contributed by atoms with van der Waals surface area (Å²) in [4.78, 5) is 13.7. The molecule has 110 valence electrons. The Morgan fingerprint density at radius 3 is 2.58 bits per heavy atom. The molecule has 5 nitrogen and oxygen atoms in total. The first-order chi connectivity index (χ1) is 9.22. The lowest BCUT2D eigenvalue weighted by atomic mass is 9.90. The van der Waals surface area contributed by atoms with Gasteiger partial charge in [0, 0.05) is 31.2 Å². The van der Waals surface area contributed by atoms with E-state index in [0.717, 1.165) is 26.1 Å². The number of rotatable bonds is 4. The highest BCUT2D eigenvalue weighted by molar-refractivity contribution is 5.67. The van der Waals surface area contributed by atoms with Gasteiger partial charge in [-0.2, -0.15) is 0 Å². The molecular formula is C14H27N3O2. The maximum absolute atomic E-state index is 11.2. The fourth-order valence-corrected chi connectivity index (χ4v) is 3.40. The number of likely N-dealkylation sites (tertiary alicyclic amines) is 1. The Kier molecular flexibility index (Phi) is 5.45. The largest absolute Gasteiger partial charge is 0.453 e. The van der Waals surface area contributed by atoms with Gasteiger partial charge in [-0.15, -0.1) is 0 Å². The molecular weight excluding hydrogens is 242 g/mol. The Labute approximate surface area is 116 Å². The molecule has 1 aliphatic heterocycles. The average Bonchev–Trinajstić information content (AvgIpc) is 2.88. The van der Waals surface area contributed by atoms with E-state index in [2.05, 4.69) is 27.2 Å². The molecule has 1 saturated heterocycles. The Morgan fingerprint density at radius 1 is 1.21 bits per heavy atom. The molecule has 2 rings (SSSR count). The van der Waals surface area contributed by atoms with Crippen LogP contribution in [0.15, 0.2) is 0 Å². The van der Waals surface area contributed by atoms with Crippen LogP contribution in [0.25, 0.3) is 0 Å². The predicted octanol–water partition coefficient (Wildman–Crippen LogP) is 1.34. The van der Waals surface area contributed by atoms with E-state index in [0.29, 0.717) is 12.1 Å². The van der Waals surface area contributed by atoms with Crippen molar-refractivity contribution in [2.24, 2.45) is 0 Å². The molecule has 1 heterocycles. The van der Waals surface area contributed by atoms with Crippen LogP contribution in [-0.4, -0.2) is 55.9 Å². The summed E-state index contributed by atoms with van der Waals surface area (Å²) in [6.45, 7) is 5.33. The fourth-order valence-electron chi connectivity index (χ4n) is 3.40. The SMILES string of the molecule is CCNC1CCC(N2CCC(NC(=O)OC)C2)CC1. The smallest absolute Gasteiger partial charge is 0.407 e. The number of alkyl carbamates (subject to hydrolysis) is 1. The van der Waals surface area contributed by atoms with Crippen LogP contribution in [0.5, 0.6) is 0 Å². The van der Waals surface area contributed by atoms with Crippen molar-refractivity contribution in [1.82, 2.24) is 15.5 Å². The van der Waals surface area contributed by atoms with Crippen molar-refractivity contribution < 1.29 is 9.53 Å². The number of carbonyl (C=O) groups excluding carboxylic acids is 1. The van der Waals surface area contributed by atoms with Gasteiger partial charge in [0.25, 0.3) is 0 Å². The van der Waals surface area contributed by atoms with E-state index in [9.17, 15) is 4.79 Å². The fraction of sp³-hybridized carbons (Fsp3) is 0.929. The van der Waals surface area contributed by atoms with Gasteiger partial charge in [0.1, 0.15) is 0 Å². The zero-order valence-corrected chi connectivity index (χ0v) is 12.2. The molecule has 1 amide bonds. The van der Waals surface area contributed by atoms with Crippen molar-refractivity contribution >= 4 is 6.09 Å². The summed E-state index contributed by atoms with van der Waals surface area (Å²) in [7, 11) is 1.42. The summed E-state index contributed by atoms with van der Waals surface area (Å²) in [5.41, 5.74) is 0. The van der Waals surface area contributed by atoms with Gasteiger partial charge in [-0.1, -0.05) is 6.92 Å². The zero-order chi connectivity index (χ0) is 13.7. The number of carbonyl (C=O) groups is 1. The maximum atomic E-state index is 11.2. The number of hydrogen-bond acceptors (Lipinski definition) is 4. The van der Waals surface area contributed by atoms with Crippen molar-refractivity contribution in [2.75, 3.05) is 26.7 Å². The molecule has 19 heavy (non-hydrogen) atoms. The van der Waals surface area contributed by atoms with Gasteiger partial charge in [-0.05, 0) is 38.6 Å². The highest BCUT2D eigenvalue weighted by atomic mass is 16.5. The minimum Gasteiger partial charge on any atom is -0.453 e. The number of nitrogens with one attached hydrogen (secondary N) is 2. The van der Waals surface area contributed by atoms with E-state index < -0.39 is 0 Å². The Bertz CT molecular complexity index is 290. The second-order valence-corrected chi connectivity index (χ2v) is 5.68. The number of nitrogens with zero attached hydrogens (tertiary/aromatic N) is 1. The number of amides is 1. The first-order valence-corrected chi connectivity index (χ1v) is 7.54. The lowest BCUT2D eigenvalue weighted by Crippen LogP contribution is -2.43. The van der Waals surface area contributed by atoms with Crippen LogP contribution in [-0.2, 0) is 4.74 Å². The number of hydrogen-bond donors (Lipinski definition) is 2. The molecule has 0 bridgehead atoms. The van der Waals surface area contributed by atoms with Crippen LogP contribution in [0.1, 0.15) is 39.0 Å². The first-order valence-electron chi connectivity index (χ1n) is 7.54. The van der Waals surface area contributed by atoms with Crippen LogP contribution in [0, 0.1) is 0 Å².